The largest absolute Gasteiger partial charge is 0.488 e. The smallest absolute Gasteiger partial charge is 0.407 e. The van der Waals surface area contributed by atoms with Gasteiger partial charge in [-0.3, -0.25) is 9.59 Å². The number of alkyl carbamates (subject to hydrolysis) is 2. The molecule has 1 saturated heterocycles. The van der Waals surface area contributed by atoms with Gasteiger partial charge >= 0.3 is 12.2 Å². The maximum Gasteiger partial charge on any atom is 0.407 e. The summed E-state index contributed by atoms with van der Waals surface area (Å²) >= 11 is 0. The van der Waals surface area contributed by atoms with Crippen LogP contribution < -0.4 is 15.4 Å². The van der Waals surface area contributed by atoms with Crippen molar-refractivity contribution in [2.24, 2.45) is 23.7 Å². The minimum atomic E-state index is -0.801. The quantitative estimate of drug-likeness (QED) is 0.0869. The lowest BCUT2D eigenvalue weighted by molar-refractivity contribution is -0.138. The first-order valence-electron chi connectivity index (χ1n) is 21.7. The van der Waals surface area contributed by atoms with Crippen molar-refractivity contribution < 1.29 is 38.1 Å². The Labute approximate surface area is 367 Å². The molecule has 0 aliphatic carbocycles. The number of amides is 4. The average molecular weight is 865 g/mol. The molecule has 0 unspecified atom stereocenters. The molecule has 6 atom stereocenters. The third kappa shape index (κ3) is 9.17. The zero-order valence-electron chi connectivity index (χ0n) is 37.8. The second kappa shape index (κ2) is 18.7. The second-order valence-corrected chi connectivity index (χ2v) is 17.8. The first-order chi connectivity index (χ1) is 30.1. The van der Waals surface area contributed by atoms with Gasteiger partial charge in [0.2, 0.25) is 11.8 Å². The lowest BCUT2D eigenvalue weighted by Gasteiger charge is -2.34. The van der Waals surface area contributed by atoms with Gasteiger partial charge in [0.25, 0.3) is 0 Å². The van der Waals surface area contributed by atoms with E-state index in [1.54, 1.807) is 12.0 Å². The molecule has 4 N–H and O–H groups in total. The van der Waals surface area contributed by atoms with E-state index in [2.05, 4.69) is 57.9 Å². The maximum absolute atomic E-state index is 14.2. The predicted molar refractivity (Wildman–Crippen MR) is 239 cm³/mol. The second-order valence-electron chi connectivity index (χ2n) is 17.8. The van der Waals surface area contributed by atoms with Crippen LogP contribution in [0.25, 0.3) is 44.2 Å². The average Bonchev–Trinajstić information content (AvgIpc) is 4.03. The van der Waals surface area contributed by atoms with E-state index in [4.69, 9.17) is 28.9 Å². The fourth-order valence-corrected chi connectivity index (χ4v) is 8.90. The SMILES string of the molecule is COC[C@@H](C)CN(C(=O)[C@@H](NC(=O)OC)C(C)C)[C@@H](C)c1nc2ccc3cc4c(cc3c2[nH]1)OCc1cc(-c2cnc([C@@H]3C[C@H](C)CN3C(=O)[C@@H](NC(=O)OC)C(C)C)[nH]2)ccc1-4. The number of imidazole rings is 2. The summed E-state index contributed by atoms with van der Waals surface area (Å²) in [4.78, 5) is 72.7. The highest BCUT2D eigenvalue weighted by atomic mass is 16.5. The van der Waals surface area contributed by atoms with Gasteiger partial charge in [-0.1, -0.05) is 59.7 Å². The molecule has 4 amide bonds. The van der Waals surface area contributed by atoms with Crippen LogP contribution >= 0.6 is 0 Å². The number of aromatic nitrogens is 4. The molecule has 0 saturated carbocycles. The molecule has 1 fully saturated rings. The Hall–Kier alpha value is -6.16. The van der Waals surface area contributed by atoms with E-state index < -0.39 is 30.3 Å². The van der Waals surface area contributed by atoms with Gasteiger partial charge in [0.05, 0.1) is 55.8 Å². The number of methoxy groups -OCH3 is 3. The van der Waals surface area contributed by atoms with Crippen LogP contribution in [0.3, 0.4) is 0 Å². The van der Waals surface area contributed by atoms with Crippen molar-refractivity contribution in [3.05, 3.63) is 65.9 Å². The summed E-state index contributed by atoms with van der Waals surface area (Å²) in [5, 5.41) is 7.38. The fraction of sp³-hybridized carbons (Fsp3) is 0.489. The number of H-pyrrole nitrogens is 2. The van der Waals surface area contributed by atoms with Crippen LogP contribution in [0.15, 0.2) is 48.7 Å². The highest BCUT2D eigenvalue weighted by Crippen LogP contribution is 2.43. The van der Waals surface area contributed by atoms with Gasteiger partial charge < -0.3 is 49.3 Å². The topological polar surface area (TPSA) is 193 Å². The molecule has 7 rings (SSSR count). The van der Waals surface area contributed by atoms with Crippen LogP contribution in [-0.4, -0.2) is 107 Å². The van der Waals surface area contributed by atoms with Gasteiger partial charge in [-0.05, 0) is 83.4 Å². The number of nitrogens with zero attached hydrogens (tertiary/aromatic N) is 4. The van der Waals surface area contributed by atoms with Crippen molar-refractivity contribution in [3.63, 3.8) is 0 Å². The van der Waals surface area contributed by atoms with E-state index in [0.29, 0.717) is 38.0 Å². The first-order valence-corrected chi connectivity index (χ1v) is 21.7. The van der Waals surface area contributed by atoms with Crippen LogP contribution in [0.1, 0.15) is 84.2 Å². The highest BCUT2D eigenvalue weighted by molar-refractivity contribution is 6.07. The number of aromatic amines is 2. The van der Waals surface area contributed by atoms with Crippen molar-refractivity contribution in [2.45, 2.75) is 85.7 Å². The summed E-state index contributed by atoms with van der Waals surface area (Å²) in [6, 6.07) is 12.3. The van der Waals surface area contributed by atoms with Gasteiger partial charge in [0.15, 0.2) is 0 Å². The Morgan fingerprint density at radius 3 is 2.30 bits per heavy atom. The first kappa shape index (κ1) is 44.9. The molecule has 5 aromatic rings. The number of hydrogen-bond donors (Lipinski definition) is 4. The molecule has 16 heteroatoms. The third-order valence-corrected chi connectivity index (χ3v) is 12.3. The van der Waals surface area contributed by atoms with Crippen LogP contribution in [0, 0.1) is 23.7 Å². The van der Waals surface area contributed by atoms with Gasteiger partial charge in [-0.25, -0.2) is 19.6 Å². The van der Waals surface area contributed by atoms with Crippen LogP contribution in [0.2, 0.25) is 0 Å². The number of carbonyl (C=O) groups excluding carboxylic acids is 4. The molecule has 2 aliphatic heterocycles. The molecule has 336 valence electrons. The van der Waals surface area contributed by atoms with E-state index >= 15 is 0 Å². The van der Waals surface area contributed by atoms with E-state index in [-0.39, 0.29) is 41.5 Å². The summed E-state index contributed by atoms with van der Waals surface area (Å²) < 4.78 is 21.5. The van der Waals surface area contributed by atoms with Gasteiger partial charge in [-0.15, -0.1) is 0 Å². The minimum Gasteiger partial charge on any atom is -0.488 e. The van der Waals surface area contributed by atoms with Crippen LogP contribution in [0.4, 0.5) is 9.59 Å². The summed E-state index contributed by atoms with van der Waals surface area (Å²) in [7, 11) is 4.20. The van der Waals surface area contributed by atoms with E-state index in [1.807, 2.05) is 64.8 Å². The molecule has 2 aliphatic rings. The van der Waals surface area contributed by atoms with Crippen molar-refractivity contribution in [2.75, 3.05) is 41.0 Å². The van der Waals surface area contributed by atoms with Gasteiger partial charge in [-0.2, -0.15) is 0 Å². The number of nitrogens with one attached hydrogen (secondary N) is 4. The standard InChI is InChI=1S/C47H60N8O8/c1-24(2)39(52-46(58)61-9)44(56)54(21-27(6)22-60-8)28(7)42-49-35-14-12-29-17-34-32-13-11-30(16-31(32)23-63-38(34)18-33(29)41(35)51-42)36-19-48-43(50-36)37-15-26(5)20-55(37)45(57)40(25(3)4)53-47(59)62-10/h11-14,16-19,24-28,37,39-40H,15,20-23H2,1-10H3,(H,48,50)(H,49,51)(H,52,58)(H,53,59)/t26-,27-,28-,37-,39-,40-/m0/s1. The Morgan fingerprint density at radius 1 is 0.905 bits per heavy atom. The molecule has 4 heterocycles. The molecular weight excluding hydrogens is 805 g/mol. The monoisotopic (exact) mass is 864 g/mol. The van der Waals surface area contributed by atoms with Crippen molar-refractivity contribution in [3.8, 4) is 28.1 Å². The molecule has 63 heavy (non-hydrogen) atoms. The predicted octanol–water partition coefficient (Wildman–Crippen LogP) is 7.51. The molecule has 16 nitrogen and oxygen atoms in total. The van der Waals surface area contributed by atoms with Crippen LogP contribution in [-0.2, 0) is 30.4 Å². The van der Waals surface area contributed by atoms with Crippen molar-refractivity contribution >= 4 is 45.8 Å². The van der Waals surface area contributed by atoms with E-state index in [9.17, 15) is 19.2 Å². The zero-order chi connectivity index (χ0) is 45.3. The Morgan fingerprint density at radius 2 is 1.62 bits per heavy atom. The Balaban J connectivity index is 1.15. The Bertz CT molecular complexity index is 2500. The van der Waals surface area contributed by atoms with Crippen LogP contribution in [0.5, 0.6) is 5.75 Å². The summed E-state index contributed by atoms with van der Waals surface area (Å²) in [6.45, 7) is 15.4. The number of rotatable bonds is 14. The Kier molecular flexibility index (Phi) is 13.3. The number of hydrogen-bond acceptors (Lipinski definition) is 10. The van der Waals surface area contributed by atoms with E-state index in [1.165, 1.54) is 14.2 Å². The van der Waals surface area contributed by atoms with E-state index in [0.717, 1.165) is 61.9 Å². The molecular formula is C47H60N8O8. The number of ether oxygens (including phenoxy) is 4. The molecule has 0 spiro atoms. The number of fused-ring (bicyclic) bond motifs is 6. The fourth-order valence-electron chi connectivity index (χ4n) is 8.90. The summed E-state index contributed by atoms with van der Waals surface area (Å²) in [6.07, 6.45) is 1.25. The highest BCUT2D eigenvalue weighted by Gasteiger charge is 2.40. The normalized spacial score (nSPS) is 17.7. The lowest BCUT2D eigenvalue weighted by Crippen LogP contribution is -2.53. The molecule has 2 aromatic heterocycles. The summed E-state index contributed by atoms with van der Waals surface area (Å²) in [5.74, 6) is 1.63. The number of likely N-dealkylation sites (tertiary alicyclic amines) is 1. The minimum absolute atomic E-state index is 0.0167. The molecule has 0 bridgehead atoms. The summed E-state index contributed by atoms with van der Waals surface area (Å²) in [5.41, 5.74) is 6.44. The lowest BCUT2D eigenvalue weighted by atomic mass is 9.92. The zero-order valence-corrected chi connectivity index (χ0v) is 37.8. The number of carbonyl (C=O) groups is 4. The third-order valence-electron chi connectivity index (χ3n) is 12.3. The molecule has 3 aromatic carbocycles. The van der Waals surface area contributed by atoms with Crippen molar-refractivity contribution in [1.29, 1.82) is 0 Å². The van der Waals surface area contributed by atoms with Gasteiger partial charge in [0.1, 0.15) is 36.1 Å². The van der Waals surface area contributed by atoms with Gasteiger partial charge in [0, 0.05) is 31.1 Å². The molecule has 0 radical (unpaired) electrons. The van der Waals surface area contributed by atoms with Crippen molar-refractivity contribution in [1.82, 2.24) is 40.4 Å². The maximum atomic E-state index is 14.2. The number of benzene rings is 3.